The number of benzene rings is 2. The number of esters is 1. The van der Waals surface area contributed by atoms with Crippen molar-refractivity contribution in [2.75, 3.05) is 12.4 Å². The molecule has 5 heteroatoms. The Balaban J connectivity index is 1.85. The van der Waals surface area contributed by atoms with E-state index in [1.54, 1.807) is 30.5 Å². The third-order valence-corrected chi connectivity index (χ3v) is 3.86. The second kappa shape index (κ2) is 7.13. The maximum absolute atomic E-state index is 11.5. The Hall–Kier alpha value is -3.21. The Bertz CT molecular complexity index is 888. The number of hydrogen-bond donors (Lipinski definition) is 1. The van der Waals surface area contributed by atoms with E-state index >= 15 is 0 Å². The number of aromatic nitrogens is 2. The van der Waals surface area contributed by atoms with Crippen molar-refractivity contribution >= 4 is 17.6 Å². The molecule has 0 bridgehead atoms. The van der Waals surface area contributed by atoms with Crippen molar-refractivity contribution in [1.82, 2.24) is 9.97 Å². The van der Waals surface area contributed by atoms with Crippen molar-refractivity contribution in [3.05, 3.63) is 71.4 Å². The fraction of sp³-hybridized carbons (Fsp3) is 0.150. The number of ether oxygens (including phenoxy) is 1. The third kappa shape index (κ3) is 3.83. The van der Waals surface area contributed by atoms with E-state index in [1.165, 1.54) is 12.7 Å². The quantitative estimate of drug-likeness (QED) is 0.722. The minimum atomic E-state index is -0.361. The van der Waals surface area contributed by atoms with Gasteiger partial charge in [0.15, 0.2) is 0 Å². The molecule has 126 valence electrons. The minimum Gasteiger partial charge on any atom is -0.465 e. The monoisotopic (exact) mass is 333 g/mol. The molecule has 0 aliphatic heterocycles. The van der Waals surface area contributed by atoms with Crippen LogP contribution in [-0.2, 0) is 4.74 Å². The maximum Gasteiger partial charge on any atom is 0.337 e. The lowest BCUT2D eigenvalue weighted by molar-refractivity contribution is 0.0601. The maximum atomic E-state index is 11.5. The summed E-state index contributed by atoms with van der Waals surface area (Å²) in [5.74, 6) is 0.145. The average molecular weight is 333 g/mol. The number of carbonyl (C=O) groups excluding carboxylic acids is 1. The first kappa shape index (κ1) is 16.6. The molecule has 0 fully saturated rings. The molecule has 0 aliphatic rings. The van der Waals surface area contributed by atoms with Crippen LogP contribution in [0.5, 0.6) is 0 Å². The molecule has 3 rings (SSSR count). The highest BCUT2D eigenvalue weighted by atomic mass is 16.5. The van der Waals surface area contributed by atoms with Crippen LogP contribution in [0.15, 0.2) is 54.7 Å². The lowest BCUT2D eigenvalue weighted by Crippen LogP contribution is -2.02. The SMILES string of the molecule is COC(=O)c1ccc(Nc2ncc(C)c(-c3ccc(C)cc3)n2)cc1. The molecule has 0 spiro atoms. The first-order valence-electron chi connectivity index (χ1n) is 7.93. The van der Waals surface area contributed by atoms with Crippen LogP contribution >= 0.6 is 0 Å². The van der Waals surface area contributed by atoms with Crippen LogP contribution in [0.1, 0.15) is 21.5 Å². The largest absolute Gasteiger partial charge is 0.465 e. The summed E-state index contributed by atoms with van der Waals surface area (Å²) in [5, 5.41) is 3.16. The first-order valence-corrected chi connectivity index (χ1v) is 7.93. The fourth-order valence-electron chi connectivity index (χ4n) is 2.44. The molecule has 0 atom stereocenters. The minimum absolute atomic E-state index is 0.361. The van der Waals surface area contributed by atoms with Gasteiger partial charge in [-0.25, -0.2) is 14.8 Å². The zero-order chi connectivity index (χ0) is 17.8. The molecule has 1 aromatic heterocycles. The van der Waals surface area contributed by atoms with Gasteiger partial charge in [-0.15, -0.1) is 0 Å². The topological polar surface area (TPSA) is 64.1 Å². The summed E-state index contributed by atoms with van der Waals surface area (Å²) < 4.78 is 4.70. The second-order valence-electron chi connectivity index (χ2n) is 5.79. The van der Waals surface area contributed by atoms with Crippen LogP contribution < -0.4 is 5.32 Å². The number of carbonyl (C=O) groups is 1. The van der Waals surface area contributed by atoms with E-state index in [9.17, 15) is 4.79 Å². The van der Waals surface area contributed by atoms with E-state index in [0.29, 0.717) is 11.5 Å². The molecule has 1 N–H and O–H groups in total. The molecule has 0 amide bonds. The van der Waals surface area contributed by atoms with Gasteiger partial charge in [0.25, 0.3) is 0 Å². The van der Waals surface area contributed by atoms with Crippen LogP contribution in [0.2, 0.25) is 0 Å². The summed E-state index contributed by atoms with van der Waals surface area (Å²) in [7, 11) is 1.36. The number of rotatable bonds is 4. The van der Waals surface area contributed by atoms with Gasteiger partial charge in [0.2, 0.25) is 5.95 Å². The number of nitrogens with zero attached hydrogens (tertiary/aromatic N) is 2. The van der Waals surface area contributed by atoms with Gasteiger partial charge in [-0.2, -0.15) is 0 Å². The van der Waals surface area contributed by atoms with E-state index < -0.39 is 0 Å². The smallest absolute Gasteiger partial charge is 0.337 e. The van der Waals surface area contributed by atoms with Gasteiger partial charge in [0, 0.05) is 17.4 Å². The predicted molar refractivity (Wildman–Crippen MR) is 98.0 cm³/mol. The molecular weight excluding hydrogens is 314 g/mol. The van der Waals surface area contributed by atoms with E-state index in [0.717, 1.165) is 22.5 Å². The van der Waals surface area contributed by atoms with Crippen LogP contribution in [0.25, 0.3) is 11.3 Å². The highest BCUT2D eigenvalue weighted by Crippen LogP contribution is 2.23. The summed E-state index contributed by atoms with van der Waals surface area (Å²) in [4.78, 5) is 20.4. The highest BCUT2D eigenvalue weighted by molar-refractivity contribution is 5.89. The Morgan fingerprint density at radius 1 is 1.00 bits per heavy atom. The molecular formula is C20H19N3O2. The van der Waals surface area contributed by atoms with Crippen LogP contribution in [-0.4, -0.2) is 23.0 Å². The first-order chi connectivity index (χ1) is 12.1. The van der Waals surface area contributed by atoms with Crippen molar-refractivity contribution < 1.29 is 9.53 Å². The Morgan fingerprint density at radius 3 is 2.32 bits per heavy atom. The number of nitrogens with one attached hydrogen (secondary N) is 1. The van der Waals surface area contributed by atoms with E-state index in [2.05, 4.69) is 46.5 Å². The predicted octanol–water partition coefficient (Wildman–Crippen LogP) is 4.29. The standard InChI is InChI=1S/C20H19N3O2/c1-13-4-6-15(7-5-13)18-14(2)12-21-20(23-18)22-17-10-8-16(9-11-17)19(24)25-3/h4-12H,1-3H3,(H,21,22,23). The number of methoxy groups -OCH3 is 1. The van der Waals surface area contributed by atoms with Gasteiger partial charge < -0.3 is 10.1 Å². The summed E-state index contributed by atoms with van der Waals surface area (Å²) in [6, 6.07) is 15.2. The van der Waals surface area contributed by atoms with Gasteiger partial charge in [-0.3, -0.25) is 0 Å². The molecule has 0 unspecified atom stereocenters. The van der Waals surface area contributed by atoms with Crippen LogP contribution in [0.4, 0.5) is 11.6 Å². The van der Waals surface area contributed by atoms with Crippen molar-refractivity contribution in [3.63, 3.8) is 0 Å². The fourth-order valence-corrected chi connectivity index (χ4v) is 2.44. The molecule has 3 aromatic rings. The molecule has 25 heavy (non-hydrogen) atoms. The average Bonchev–Trinajstić information content (AvgIpc) is 2.64. The molecule has 0 saturated carbocycles. The van der Waals surface area contributed by atoms with Gasteiger partial charge >= 0.3 is 5.97 Å². The molecule has 0 aliphatic carbocycles. The molecule has 0 saturated heterocycles. The van der Waals surface area contributed by atoms with Crippen molar-refractivity contribution in [2.45, 2.75) is 13.8 Å². The zero-order valence-electron chi connectivity index (χ0n) is 14.4. The van der Waals surface area contributed by atoms with Crippen LogP contribution in [0, 0.1) is 13.8 Å². The normalized spacial score (nSPS) is 10.4. The number of anilines is 2. The van der Waals surface area contributed by atoms with Gasteiger partial charge in [0.1, 0.15) is 0 Å². The summed E-state index contributed by atoms with van der Waals surface area (Å²) in [6.07, 6.45) is 1.80. The van der Waals surface area contributed by atoms with E-state index in [-0.39, 0.29) is 5.97 Å². The second-order valence-corrected chi connectivity index (χ2v) is 5.79. The van der Waals surface area contributed by atoms with E-state index in [1.807, 2.05) is 6.92 Å². The van der Waals surface area contributed by atoms with Gasteiger partial charge in [-0.05, 0) is 43.7 Å². The Morgan fingerprint density at radius 2 is 1.68 bits per heavy atom. The molecule has 0 radical (unpaired) electrons. The summed E-state index contributed by atoms with van der Waals surface area (Å²) in [6.45, 7) is 4.05. The third-order valence-electron chi connectivity index (χ3n) is 3.86. The lowest BCUT2D eigenvalue weighted by Gasteiger charge is -2.10. The highest BCUT2D eigenvalue weighted by Gasteiger charge is 2.08. The van der Waals surface area contributed by atoms with Crippen LogP contribution in [0.3, 0.4) is 0 Å². The van der Waals surface area contributed by atoms with Gasteiger partial charge in [0.05, 0.1) is 18.4 Å². The molecule has 2 aromatic carbocycles. The Kier molecular flexibility index (Phi) is 4.75. The summed E-state index contributed by atoms with van der Waals surface area (Å²) in [5.41, 5.74) is 5.46. The summed E-state index contributed by atoms with van der Waals surface area (Å²) >= 11 is 0. The molecule has 1 heterocycles. The Labute approximate surface area is 146 Å². The number of aryl methyl sites for hydroxylation is 2. The zero-order valence-corrected chi connectivity index (χ0v) is 14.4. The van der Waals surface area contributed by atoms with E-state index in [4.69, 9.17) is 4.74 Å². The number of hydrogen-bond acceptors (Lipinski definition) is 5. The van der Waals surface area contributed by atoms with Crippen molar-refractivity contribution in [3.8, 4) is 11.3 Å². The van der Waals surface area contributed by atoms with Gasteiger partial charge in [-0.1, -0.05) is 29.8 Å². The molecule has 5 nitrogen and oxygen atoms in total. The lowest BCUT2D eigenvalue weighted by atomic mass is 10.1. The van der Waals surface area contributed by atoms with Crippen molar-refractivity contribution in [2.24, 2.45) is 0 Å². The van der Waals surface area contributed by atoms with Crippen molar-refractivity contribution in [1.29, 1.82) is 0 Å².